The molecule has 0 saturated carbocycles. The molecule has 28 heavy (non-hydrogen) atoms. The Hall–Kier alpha value is -2.09. The number of hydrogen-bond donors (Lipinski definition) is 1. The summed E-state index contributed by atoms with van der Waals surface area (Å²) in [6.07, 6.45) is 0.581. The Kier molecular flexibility index (Phi) is 6.27. The number of rotatable bonds is 3. The molecule has 0 spiro atoms. The van der Waals surface area contributed by atoms with Crippen LogP contribution in [0.15, 0.2) is 47.4 Å². The van der Waals surface area contributed by atoms with Gasteiger partial charge in [0.25, 0.3) is 0 Å². The van der Waals surface area contributed by atoms with Crippen LogP contribution in [0.1, 0.15) is 17.5 Å². The van der Waals surface area contributed by atoms with Gasteiger partial charge >= 0.3 is 6.03 Å². The first-order valence-corrected chi connectivity index (χ1v) is 11.0. The number of benzene rings is 2. The van der Waals surface area contributed by atoms with Gasteiger partial charge in [-0.2, -0.15) is 4.31 Å². The lowest BCUT2D eigenvalue weighted by Gasteiger charge is -2.22. The van der Waals surface area contributed by atoms with Crippen molar-refractivity contribution < 1.29 is 13.2 Å². The van der Waals surface area contributed by atoms with Crippen LogP contribution in [-0.2, 0) is 10.0 Å². The molecule has 1 aliphatic heterocycles. The zero-order chi connectivity index (χ0) is 20.3. The average molecular weight is 422 g/mol. The maximum absolute atomic E-state index is 13.0. The number of nitrogens with one attached hydrogen (secondary N) is 1. The van der Waals surface area contributed by atoms with Gasteiger partial charge in [0.1, 0.15) is 0 Å². The number of carbonyl (C=O) groups is 1. The van der Waals surface area contributed by atoms with Crippen molar-refractivity contribution in [3.8, 4) is 0 Å². The molecule has 1 heterocycles. The van der Waals surface area contributed by atoms with Gasteiger partial charge in [-0.15, -0.1) is 0 Å². The Morgan fingerprint density at radius 3 is 2.36 bits per heavy atom. The van der Waals surface area contributed by atoms with E-state index in [0.29, 0.717) is 41.7 Å². The van der Waals surface area contributed by atoms with Crippen LogP contribution < -0.4 is 5.32 Å². The predicted octanol–water partition coefficient (Wildman–Crippen LogP) is 3.89. The smallest absolute Gasteiger partial charge is 0.321 e. The number of aryl methyl sites for hydroxylation is 2. The fourth-order valence-electron chi connectivity index (χ4n) is 3.10. The molecule has 1 aliphatic rings. The van der Waals surface area contributed by atoms with Gasteiger partial charge in [0.05, 0.1) is 4.90 Å². The van der Waals surface area contributed by atoms with Crippen molar-refractivity contribution in [2.75, 3.05) is 31.5 Å². The highest BCUT2D eigenvalue weighted by atomic mass is 35.5. The number of amides is 2. The normalized spacial score (nSPS) is 15.9. The average Bonchev–Trinajstić information content (AvgIpc) is 2.92. The lowest BCUT2D eigenvalue weighted by molar-refractivity contribution is 0.214. The minimum Gasteiger partial charge on any atom is -0.323 e. The Bertz CT molecular complexity index is 961. The summed E-state index contributed by atoms with van der Waals surface area (Å²) >= 11 is 5.86. The van der Waals surface area contributed by atoms with Crippen LogP contribution in [0, 0.1) is 13.8 Å². The third kappa shape index (κ3) is 4.66. The lowest BCUT2D eigenvalue weighted by atomic mass is 10.1. The summed E-state index contributed by atoms with van der Waals surface area (Å²) in [7, 11) is -3.58. The van der Waals surface area contributed by atoms with E-state index in [2.05, 4.69) is 5.32 Å². The van der Waals surface area contributed by atoms with Gasteiger partial charge in [0.15, 0.2) is 0 Å². The summed E-state index contributed by atoms with van der Waals surface area (Å²) in [4.78, 5) is 14.5. The summed E-state index contributed by atoms with van der Waals surface area (Å²) < 4.78 is 27.5. The fraction of sp³-hybridized carbons (Fsp3) is 0.350. The molecule has 2 amide bonds. The van der Waals surface area contributed by atoms with Crippen molar-refractivity contribution in [1.82, 2.24) is 9.21 Å². The summed E-state index contributed by atoms with van der Waals surface area (Å²) in [6.45, 7) is 5.35. The molecule has 0 aliphatic carbocycles. The zero-order valence-electron chi connectivity index (χ0n) is 16.0. The van der Waals surface area contributed by atoms with Crippen LogP contribution >= 0.6 is 11.6 Å². The van der Waals surface area contributed by atoms with Crippen LogP contribution in [0.5, 0.6) is 0 Å². The number of urea groups is 1. The molecule has 0 bridgehead atoms. The standard InChI is InChI=1S/C20H24ClN3O3S/c1-15-4-9-19(14-16(15)2)28(26,27)24-11-3-10-23(12-13-24)20(25)22-18-7-5-17(21)6-8-18/h4-9,14H,3,10-13H2,1-2H3,(H,22,25). The van der Waals surface area contributed by atoms with Crippen molar-refractivity contribution in [1.29, 1.82) is 0 Å². The first kappa shape index (κ1) is 20.6. The first-order valence-electron chi connectivity index (χ1n) is 9.16. The van der Waals surface area contributed by atoms with E-state index in [0.717, 1.165) is 11.1 Å². The van der Waals surface area contributed by atoms with E-state index in [4.69, 9.17) is 11.6 Å². The lowest BCUT2D eigenvalue weighted by Crippen LogP contribution is -2.39. The molecule has 1 saturated heterocycles. The summed E-state index contributed by atoms with van der Waals surface area (Å²) in [5.41, 5.74) is 2.65. The van der Waals surface area contributed by atoms with Crippen LogP contribution in [0.2, 0.25) is 5.02 Å². The SMILES string of the molecule is Cc1ccc(S(=O)(=O)N2CCCN(C(=O)Nc3ccc(Cl)cc3)CC2)cc1C. The van der Waals surface area contributed by atoms with Crippen molar-refractivity contribution in [2.45, 2.75) is 25.2 Å². The van der Waals surface area contributed by atoms with Crippen molar-refractivity contribution in [3.63, 3.8) is 0 Å². The highest BCUT2D eigenvalue weighted by Gasteiger charge is 2.28. The molecule has 8 heteroatoms. The van der Waals surface area contributed by atoms with E-state index in [1.807, 2.05) is 19.9 Å². The second-order valence-electron chi connectivity index (χ2n) is 6.93. The second-order valence-corrected chi connectivity index (χ2v) is 9.30. The van der Waals surface area contributed by atoms with E-state index >= 15 is 0 Å². The molecule has 0 unspecified atom stereocenters. The van der Waals surface area contributed by atoms with Gasteiger partial charge in [-0.25, -0.2) is 13.2 Å². The van der Waals surface area contributed by atoms with Gasteiger partial charge in [-0.1, -0.05) is 17.7 Å². The third-order valence-corrected chi connectivity index (χ3v) is 7.10. The maximum atomic E-state index is 13.0. The molecular formula is C20H24ClN3O3S. The number of sulfonamides is 1. The number of hydrogen-bond acceptors (Lipinski definition) is 3. The summed E-state index contributed by atoms with van der Waals surface area (Å²) in [5, 5.41) is 3.42. The van der Waals surface area contributed by atoms with E-state index < -0.39 is 10.0 Å². The van der Waals surface area contributed by atoms with Gasteiger partial charge in [0, 0.05) is 36.9 Å². The maximum Gasteiger partial charge on any atom is 0.321 e. The minimum atomic E-state index is -3.58. The van der Waals surface area contributed by atoms with Crippen LogP contribution in [0.3, 0.4) is 0 Å². The Balaban J connectivity index is 1.67. The molecule has 0 atom stereocenters. The molecule has 2 aromatic rings. The number of nitrogens with zero attached hydrogens (tertiary/aromatic N) is 2. The van der Waals surface area contributed by atoms with Crippen LogP contribution in [0.25, 0.3) is 0 Å². The molecule has 0 radical (unpaired) electrons. The Morgan fingerprint density at radius 2 is 1.68 bits per heavy atom. The number of halogens is 1. The molecule has 2 aromatic carbocycles. The molecule has 150 valence electrons. The Morgan fingerprint density at radius 1 is 0.964 bits per heavy atom. The fourth-order valence-corrected chi connectivity index (χ4v) is 4.78. The minimum absolute atomic E-state index is 0.243. The van der Waals surface area contributed by atoms with E-state index in [1.54, 1.807) is 41.3 Å². The molecule has 1 fully saturated rings. The van der Waals surface area contributed by atoms with Gasteiger partial charge in [-0.3, -0.25) is 0 Å². The monoisotopic (exact) mass is 421 g/mol. The molecule has 3 rings (SSSR count). The van der Waals surface area contributed by atoms with Crippen LogP contribution in [0.4, 0.5) is 10.5 Å². The van der Waals surface area contributed by atoms with E-state index in [9.17, 15) is 13.2 Å². The van der Waals surface area contributed by atoms with Crippen molar-refractivity contribution >= 4 is 33.3 Å². The summed E-state index contributed by atoms with van der Waals surface area (Å²) in [6, 6.07) is 11.8. The van der Waals surface area contributed by atoms with Crippen molar-refractivity contribution in [2.24, 2.45) is 0 Å². The first-order chi connectivity index (χ1) is 13.3. The van der Waals surface area contributed by atoms with Gasteiger partial charge in [0.2, 0.25) is 10.0 Å². The molecule has 1 N–H and O–H groups in total. The largest absolute Gasteiger partial charge is 0.323 e. The number of anilines is 1. The third-order valence-electron chi connectivity index (χ3n) is 4.95. The molecule has 0 aromatic heterocycles. The Labute approximate surface area is 171 Å². The zero-order valence-corrected chi connectivity index (χ0v) is 17.6. The van der Waals surface area contributed by atoms with E-state index in [1.165, 1.54) is 4.31 Å². The molecular weight excluding hydrogens is 398 g/mol. The van der Waals surface area contributed by atoms with E-state index in [-0.39, 0.29) is 12.6 Å². The van der Waals surface area contributed by atoms with Gasteiger partial charge in [-0.05, 0) is 67.8 Å². The topological polar surface area (TPSA) is 69.7 Å². The summed E-state index contributed by atoms with van der Waals surface area (Å²) in [5.74, 6) is 0. The second kappa shape index (κ2) is 8.51. The highest BCUT2D eigenvalue weighted by Crippen LogP contribution is 2.21. The van der Waals surface area contributed by atoms with Crippen LogP contribution in [-0.4, -0.2) is 49.8 Å². The van der Waals surface area contributed by atoms with Crippen molar-refractivity contribution in [3.05, 3.63) is 58.6 Å². The number of carbonyl (C=O) groups excluding carboxylic acids is 1. The molecule has 6 nitrogen and oxygen atoms in total. The highest BCUT2D eigenvalue weighted by molar-refractivity contribution is 7.89. The van der Waals surface area contributed by atoms with Gasteiger partial charge < -0.3 is 10.2 Å². The quantitative estimate of drug-likeness (QED) is 0.817. The predicted molar refractivity (Wildman–Crippen MR) is 111 cm³/mol.